The molecule has 2 heterocycles. The Balaban J connectivity index is 1.99. The van der Waals surface area contributed by atoms with Crippen LogP contribution in [-0.4, -0.2) is 53.0 Å². The van der Waals surface area contributed by atoms with Crippen molar-refractivity contribution >= 4 is 23.5 Å². The van der Waals surface area contributed by atoms with E-state index < -0.39 is 59.8 Å². The van der Waals surface area contributed by atoms with Crippen molar-refractivity contribution in [2.24, 2.45) is 0 Å². The number of hydrogen-bond donors (Lipinski definition) is 6. The summed E-state index contributed by atoms with van der Waals surface area (Å²) in [6, 6.07) is 1.02. The minimum absolute atomic E-state index is 0.170. The molecular formula is C9H15N2O14P3. The zero-order valence-electron chi connectivity index (χ0n) is 13.5. The van der Waals surface area contributed by atoms with Gasteiger partial charge in [-0.25, -0.2) is 18.5 Å². The second-order valence-corrected chi connectivity index (χ2v) is 9.76. The average Bonchev–Trinajstić information content (AvgIpc) is 2.82. The van der Waals surface area contributed by atoms with E-state index >= 15 is 0 Å². The van der Waals surface area contributed by atoms with Crippen molar-refractivity contribution in [1.29, 1.82) is 0 Å². The first-order valence-electron chi connectivity index (χ1n) is 7.11. The third kappa shape index (κ3) is 6.81. The van der Waals surface area contributed by atoms with Crippen LogP contribution in [0.3, 0.4) is 0 Å². The molecule has 1 saturated heterocycles. The monoisotopic (exact) mass is 468 g/mol. The van der Waals surface area contributed by atoms with Gasteiger partial charge in [-0.1, -0.05) is 0 Å². The lowest BCUT2D eigenvalue weighted by molar-refractivity contribution is -0.0450. The summed E-state index contributed by atoms with van der Waals surface area (Å²) < 4.78 is 51.0. The van der Waals surface area contributed by atoms with E-state index in [2.05, 4.69) is 13.1 Å². The molecule has 0 saturated carbocycles. The van der Waals surface area contributed by atoms with Gasteiger partial charge in [-0.3, -0.25) is 18.9 Å². The Hall–Kier alpha value is -0.990. The number of nitrogens with one attached hydrogen (secondary N) is 1. The van der Waals surface area contributed by atoms with E-state index in [0.29, 0.717) is 0 Å². The summed E-state index contributed by atoms with van der Waals surface area (Å²) in [6.45, 7) is -0.876. The molecule has 16 nitrogen and oxygen atoms in total. The van der Waals surface area contributed by atoms with E-state index in [1.54, 1.807) is 0 Å². The predicted molar refractivity (Wildman–Crippen MR) is 85.7 cm³/mol. The molecule has 1 aliphatic heterocycles. The molecule has 0 radical (unpaired) electrons. The summed E-state index contributed by atoms with van der Waals surface area (Å²) in [5.41, 5.74) is -1.50. The molecule has 1 aromatic rings. The Labute approximate surface area is 154 Å². The highest BCUT2D eigenvalue weighted by Crippen LogP contribution is 2.66. The maximum absolute atomic E-state index is 11.7. The zero-order valence-corrected chi connectivity index (χ0v) is 16.2. The first kappa shape index (κ1) is 23.3. The molecule has 19 heteroatoms. The van der Waals surface area contributed by atoms with Gasteiger partial charge in [-0.05, 0) is 0 Å². The number of ether oxygens (including phenoxy) is 1. The number of aliphatic hydroxyl groups excluding tert-OH is 1. The van der Waals surface area contributed by atoms with Crippen molar-refractivity contribution in [2.75, 3.05) is 6.61 Å². The van der Waals surface area contributed by atoms with Gasteiger partial charge in [0.2, 0.25) is 0 Å². The second-order valence-electron chi connectivity index (χ2n) is 5.34. The number of aromatic amines is 1. The predicted octanol–water partition coefficient (Wildman–Crippen LogP) is -1.47. The normalized spacial score (nSPS) is 27.2. The van der Waals surface area contributed by atoms with Crippen LogP contribution in [0.15, 0.2) is 21.9 Å². The number of hydrogen-bond acceptors (Lipinski definition) is 10. The van der Waals surface area contributed by atoms with Gasteiger partial charge in [-0.15, -0.1) is 0 Å². The van der Waals surface area contributed by atoms with Crippen molar-refractivity contribution in [3.63, 3.8) is 0 Å². The largest absolute Gasteiger partial charge is 0.490 e. The third-order valence-electron chi connectivity index (χ3n) is 3.18. The van der Waals surface area contributed by atoms with Crippen LogP contribution < -0.4 is 11.2 Å². The van der Waals surface area contributed by atoms with E-state index in [-0.39, 0.29) is 6.42 Å². The molecule has 0 aromatic carbocycles. The van der Waals surface area contributed by atoms with E-state index in [0.717, 1.165) is 16.8 Å². The number of phosphoric ester groups is 1. The summed E-state index contributed by atoms with van der Waals surface area (Å²) in [7, 11) is -16.6. The van der Waals surface area contributed by atoms with Crippen molar-refractivity contribution in [1.82, 2.24) is 9.55 Å². The van der Waals surface area contributed by atoms with Gasteiger partial charge >= 0.3 is 29.2 Å². The van der Waals surface area contributed by atoms with E-state index in [4.69, 9.17) is 19.4 Å². The Morgan fingerprint density at radius 2 is 1.79 bits per heavy atom. The van der Waals surface area contributed by atoms with Crippen LogP contribution in [-0.2, 0) is 31.6 Å². The maximum Gasteiger partial charge on any atom is 0.490 e. The number of phosphoric acid groups is 3. The molecule has 0 amide bonds. The Kier molecular flexibility index (Phi) is 6.99. The number of rotatable bonds is 8. The summed E-state index contributed by atoms with van der Waals surface area (Å²) in [4.78, 5) is 60.0. The highest BCUT2D eigenvalue weighted by Gasteiger charge is 2.42. The van der Waals surface area contributed by atoms with Gasteiger partial charge in [0.15, 0.2) is 0 Å². The molecule has 5 atom stereocenters. The molecule has 1 aliphatic rings. The van der Waals surface area contributed by atoms with Gasteiger partial charge < -0.3 is 29.4 Å². The number of nitrogens with zero attached hydrogens (tertiary/aromatic N) is 1. The van der Waals surface area contributed by atoms with E-state index in [1.807, 2.05) is 4.98 Å². The van der Waals surface area contributed by atoms with Crippen LogP contribution in [0.1, 0.15) is 12.6 Å². The van der Waals surface area contributed by atoms with Crippen molar-refractivity contribution < 1.29 is 56.3 Å². The van der Waals surface area contributed by atoms with E-state index in [1.165, 1.54) is 0 Å². The zero-order chi connectivity index (χ0) is 21.3. The van der Waals surface area contributed by atoms with Crippen LogP contribution in [0, 0.1) is 0 Å². The fourth-order valence-electron chi connectivity index (χ4n) is 2.16. The van der Waals surface area contributed by atoms with Gasteiger partial charge in [-0.2, -0.15) is 8.62 Å². The quantitative estimate of drug-likeness (QED) is 0.239. The lowest BCUT2D eigenvalue weighted by Crippen LogP contribution is -2.31. The first-order chi connectivity index (χ1) is 12.7. The molecule has 1 aromatic heterocycles. The molecule has 160 valence electrons. The molecule has 0 bridgehead atoms. The molecule has 4 unspecified atom stereocenters. The third-order valence-corrected chi connectivity index (χ3v) is 6.99. The topological polar surface area (TPSA) is 244 Å². The highest BCUT2D eigenvalue weighted by atomic mass is 31.3. The summed E-state index contributed by atoms with van der Waals surface area (Å²) in [5, 5.41) is 9.91. The van der Waals surface area contributed by atoms with Crippen molar-refractivity contribution in [2.45, 2.75) is 24.9 Å². The van der Waals surface area contributed by atoms with E-state index in [9.17, 15) is 33.3 Å². The van der Waals surface area contributed by atoms with Crippen LogP contribution >= 0.6 is 23.5 Å². The molecular weight excluding hydrogens is 453 g/mol. The Morgan fingerprint density at radius 3 is 2.36 bits per heavy atom. The van der Waals surface area contributed by atoms with Crippen molar-refractivity contribution in [3.8, 4) is 0 Å². The summed E-state index contributed by atoms with van der Waals surface area (Å²) in [6.07, 6.45) is -2.74. The molecule has 0 aliphatic carbocycles. The lowest BCUT2D eigenvalue weighted by Gasteiger charge is -2.19. The lowest BCUT2D eigenvalue weighted by atomic mass is 10.2. The molecule has 28 heavy (non-hydrogen) atoms. The molecule has 1 fully saturated rings. The number of H-pyrrole nitrogens is 1. The SMILES string of the molecule is O=c1ccn([C@H]2CC(O)C(COP(=O)(O)OP(=O)(O)OP(=O)(O)O)O2)c(=O)[nH]1. The molecule has 6 N–H and O–H groups in total. The van der Waals surface area contributed by atoms with Gasteiger partial charge in [0.05, 0.1) is 12.7 Å². The highest BCUT2D eigenvalue weighted by molar-refractivity contribution is 7.66. The molecule has 0 spiro atoms. The van der Waals surface area contributed by atoms with Gasteiger partial charge in [0.1, 0.15) is 12.3 Å². The minimum atomic E-state index is -5.67. The van der Waals surface area contributed by atoms with Crippen LogP contribution in [0.25, 0.3) is 0 Å². The number of aromatic nitrogens is 2. The van der Waals surface area contributed by atoms with Crippen LogP contribution in [0.2, 0.25) is 0 Å². The standard InChI is InChI=1S/C9H15N2O14P3/c12-5-3-8(11-2-1-7(13)10-9(11)14)23-6(5)4-22-27(18,19)25-28(20,21)24-26(15,16)17/h1-2,5-6,8,12H,3-4H2,(H,18,19)(H,20,21)(H,10,13,14)(H2,15,16,17)/t5?,6?,8-/m1/s1. The van der Waals surface area contributed by atoms with Gasteiger partial charge in [0.25, 0.3) is 5.56 Å². The van der Waals surface area contributed by atoms with Crippen molar-refractivity contribution in [3.05, 3.63) is 33.1 Å². The minimum Gasteiger partial charge on any atom is -0.390 e. The maximum atomic E-state index is 11.7. The average molecular weight is 468 g/mol. The summed E-state index contributed by atoms with van der Waals surface area (Å²) >= 11 is 0. The van der Waals surface area contributed by atoms with Crippen LogP contribution in [0.4, 0.5) is 0 Å². The van der Waals surface area contributed by atoms with Gasteiger partial charge in [0, 0.05) is 18.7 Å². The first-order valence-corrected chi connectivity index (χ1v) is 11.6. The fraction of sp³-hybridized carbons (Fsp3) is 0.556. The number of aliphatic hydroxyl groups is 1. The Bertz CT molecular complexity index is 965. The Morgan fingerprint density at radius 1 is 1.14 bits per heavy atom. The molecule has 2 rings (SSSR count). The smallest absolute Gasteiger partial charge is 0.390 e. The fourth-order valence-corrected chi connectivity index (χ4v) is 5.19. The van der Waals surface area contributed by atoms with Crippen LogP contribution in [0.5, 0.6) is 0 Å². The second kappa shape index (κ2) is 8.40. The summed E-state index contributed by atoms with van der Waals surface area (Å²) in [5.74, 6) is 0.